The summed E-state index contributed by atoms with van der Waals surface area (Å²) in [6.45, 7) is 1.57. The van der Waals surface area contributed by atoms with E-state index in [4.69, 9.17) is 4.74 Å². The van der Waals surface area contributed by atoms with Gasteiger partial charge in [0.15, 0.2) is 0 Å². The number of halogens is 1. The van der Waals surface area contributed by atoms with Gasteiger partial charge >= 0.3 is 0 Å². The molecule has 5 nitrogen and oxygen atoms in total. The summed E-state index contributed by atoms with van der Waals surface area (Å²) in [7, 11) is -2.13. The largest absolute Gasteiger partial charge is 0.497 e. The van der Waals surface area contributed by atoms with E-state index in [0.717, 1.165) is 15.8 Å². The number of hydrogen-bond donors (Lipinski definition) is 2. The fourth-order valence-electron chi connectivity index (χ4n) is 2.32. The average Bonchev–Trinajstić information content (AvgIpc) is 2.59. The molecule has 7 heteroatoms. The van der Waals surface area contributed by atoms with Crippen LogP contribution in [0.2, 0.25) is 0 Å². The van der Waals surface area contributed by atoms with Crippen molar-refractivity contribution >= 4 is 26.0 Å². The van der Waals surface area contributed by atoms with E-state index < -0.39 is 16.1 Å². The maximum absolute atomic E-state index is 12.5. The van der Waals surface area contributed by atoms with E-state index in [-0.39, 0.29) is 17.4 Å². The van der Waals surface area contributed by atoms with Crippen LogP contribution in [0.3, 0.4) is 0 Å². The van der Waals surface area contributed by atoms with Crippen LogP contribution in [0.5, 0.6) is 5.75 Å². The molecule has 0 aliphatic carbocycles. The summed E-state index contributed by atoms with van der Waals surface area (Å²) in [5, 5.41) is 9.65. The van der Waals surface area contributed by atoms with Crippen molar-refractivity contribution in [2.45, 2.75) is 23.8 Å². The average molecular weight is 414 g/mol. The number of benzene rings is 2. The molecule has 2 aromatic rings. The van der Waals surface area contributed by atoms with Crippen molar-refractivity contribution in [2.75, 3.05) is 13.7 Å². The van der Waals surface area contributed by atoms with Crippen LogP contribution in [0.15, 0.2) is 57.9 Å². The van der Waals surface area contributed by atoms with Gasteiger partial charge in [-0.15, -0.1) is 0 Å². The second-order valence-electron chi connectivity index (χ2n) is 5.43. The predicted octanol–water partition coefficient (Wildman–Crippen LogP) is 2.90. The first kappa shape index (κ1) is 18.9. The summed E-state index contributed by atoms with van der Waals surface area (Å²) >= 11 is 3.28. The number of hydrogen-bond acceptors (Lipinski definition) is 4. The molecule has 0 bridgehead atoms. The zero-order valence-electron chi connectivity index (χ0n) is 13.4. The normalized spacial score (nSPS) is 14.2. The summed E-state index contributed by atoms with van der Waals surface area (Å²) in [6, 6.07) is 13.1. The molecule has 0 heterocycles. The van der Waals surface area contributed by atoms with Gasteiger partial charge in [-0.05, 0) is 47.9 Å². The fourth-order valence-corrected chi connectivity index (χ4v) is 3.89. The highest BCUT2D eigenvalue weighted by Crippen LogP contribution is 2.23. The molecule has 130 valence electrons. The molecule has 2 aromatic carbocycles. The molecule has 0 spiro atoms. The molecule has 0 aliphatic heterocycles. The number of ether oxygens (including phenoxy) is 1. The molecule has 24 heavy (non-hydrogen) atoms. The number of sulfonamides is 1. The number of aliphatic hydroxyl groups is 1. The van der Waals surface area contributed by atoms with Gasteiger partial charge in [-0.2, -0.15) is 0 Å². The number of methoxy groups -OCH3 is 1. The Morgan fingerprint density at radius 2 is 1.71 bits per heavy atom. The fraction of sp³-hybridized carbons (Fsp3) is 0.294. The summed E-state index contributed by atoms with van der Waals surface area (Å²) in [5.41, 5.74) is 0.911. The van der Waals surface area contributed by atoms with Crippen molar-refractivity contribution in [2.24, 2.45) is 0 Å². The van der Waals surface area contributed by atoms with Gasteiger partial charge in [0.2, 0.25) is 10.0 Å². The van der Waals surface area contributed by atoms with E-state index in [2.05, 4.69) is 20.7 Å². The Kier molecular flexibility index (Phi) is 6.40. The second-order valence-corrected chi connectivity index (χ2v) is 8.06. The Labute approximate surface area is 150 Å². The van der Waals surface area contributed by atoms with Gasteiger partial charge < -0.3 is 9.84 Å². The van der Waals surface area contributed by atoms with Crippen LogP contribution in [-0.4, -0.2) is 33.3 Å². The van der Waals surface area contributed by atoms with Crippen LogP contribution >= 0.6 is 15.9 Å². The molecule has 0 fully saturated rings. The predicted molar refractivity (Wildman–Crippen MR) is 96.7 cm³/mol. The highest BCUT2D eigenvalue weighted by molar-refractivity contribution is 9.10. The van der Waals surface area contributed by atoms with Crippen LogP contribution in [0.1, 0.15) is 18.4 Å². The second kappa shape index (κ2) is 8.11. The van der Waals surface area contributed by atoms with Gasteiger partial charge in [-0.25, -0.2) is 13.1 Å². The summed E-state index contributed by atoms with van der Waals surface area (Å²) in [6.07, 6.45) is 0. The lowest BCUT2D eigenvalue weighted by Crippen LogP contribution is -2.41. The Morgan fingerprint density at radius 3 is 2.21 bits per heavy atom. The Balaban J connectivity index is 2.19. The lowest BCUT2D eigenvalue weighted by molar-refractivity contribution is 0.242. The number of aliphatic hydroxyl groups excluding tert-OH is 1. The summed E-state index contributed by atoms with van der Waals surface area (Å²) < 4.78 is 33.5. The minimum atomic E-state index is -3.71. The quantitative estimate of drug-likeness (QED) is 0.731. The van der Waals surface area contributed by atoms with Crippen molar-refractivity contribution in [3.63, 3.8) is 0 Å². The smallest absolute Gasteiger partial charge is 0.240 e. The molecule has 2 atom stereocenters. The molecule has 0 radical (unpaired) electrons. The minimum absolute atomic E-state index is 0.158. The van der Waals surface area contributed by atoms with E-state index in [9.17, 15) is 13.5 Å². The molecule has 2 rings (SSSR count). The standard InChI is InChI=1S/C17H20BrNO4S/c1-12(13-3-7-15(23-2)8-4-13)17(11-20)19-24(21,22)16-9-5-14(18)6-10-16/h3-10,12,17,19-20H,11H2,1-2H3/t12-,17?/m1/s1. The maximum atomic E-state index is 12.5. The van der Waals surface area contributed by atoms with Gasteiger partial charge in [-0.3, -0.25) is 0 Å². The van der Waals surface area contributed by atoms with Crippen molar-refractivity contribution in [1.29, 1.82) is 0 Å². The number of rotatable bonds is 7. The SMILES string of the molecule is COc1ccc([C@@H](C)C(CO)NS(=O)(=O)c2ccc(Br)cc2)cc1. The zero-order chi connectivity index (χ0) is 17.7. The molecule has 0 amide bonds. The number of nitrogens with one attached hydrogen (secondary N) is 1. The first-order valence-electron chi connectivity index (χ1n) is 7.40. The van der Waals surface area contributed by atoms with Crippen LogP contribution in [0.4, 0.5) is 0 Å². The lowest BCUT2D eigenvalue weighted by atomic mass is 9.94. The van der Waals surface area contributed by atoms with Gasteiger partial charge in [-0.1, -0.05) is 35.0 Å². The van der Waals surface area contributed by atoms with E-state index in [1.54, 1.807) is 19.2 Å². The highest BCUT2D eigenvalue weighted by atomic mass is 79.9. The van der Waals surface area contributed by atoms with Crippen LogP contribution in [0.25, 0.3) is 0 Å². The molecule has 0 saturated carbocycles. The third-order valence-corrected chi connectivity index (χ3v) is 5.91. The van der Waals surface area contributed by atoms with Crippen LogP contribution in [0, 0.1) is 0 Å². The third kappa shape index (κ3) is 4.57. The molecule has 0 aromatic heterocycles. The Hall–Kier alpha value is -1.41. The van der Waals surface area contributed by atoms with Gasteiger partial charge in [0.25, 0.3) is 0 Å². The van der Waals surface area contributed by atoms with Gasteiger partial charge in [0.1, 0.15) is 5.75 Å². The highest BCUT2D eigenvalue weighted by Gasteiger charge is 2.25. The zero-order valence-corrected chi connectivity index (χ0v) is 15.8. The van der Waals surface area contributed by atoms with Crippen LogP contribution < -0.4 is 9.46 Å². The molecule has 2 N–H and O–H groups in total. The molecule has 0 aliphatic rings. The maximum Gasteiger partial charge on any atom is 0.240 e. The summed E-state index contributed by atoms with van der Waals surface area (Å²) in [5.74, 6) is 0.521. The van der Waals surface area contributed by atoms with Crippen molar-refractivity contribution in [3.05, 3.63) is 58.6 Å². The molecular formula is C17H20BrNO4S. The van der Waals surface area contributed by atoms with E-state index in [1.807, 2.05) is 31.2 Å². The monoisotopic (exact) mass is 413 g/mol. The van der Waals surface area contributed by atoms with Crippen molar-refractivity contribution in [3.8, 4) is 5.75 Å². The lowest BCUT2D eigenvalue weighted by Gasteiger charge is -2.23. The third-order valence-electron chi connectivity index (χ3n) is 3.87. The summed E-state index contributed by atoms with van der Waals surface area (Å²) in [4.78, 5) is 0.158. The van der Waals surface area contributed by atoms with Crippen molar-refractivity contribution in [1.82, 2.24) is 4.72 Å². The van der Waals surface area contributed by atoms with Gasteiger partial charge in [0.05, 0.1) is 24.7 Å². The molecule has 0 saturated heterocycles. The Morgan fingerprint density at radius 1 is 1.12 bits per heavy atom. The van der Waals surface area contributed by atoms with Crippen LogP contribution in [-0.2, 0) is 10.0 Å². The van der Waals surface area contributed by atoms with E-state index in [1.165, 1.54) is 12.1 Å². The first-order valence-corrected chi connectivity index (χ1v) is 9.67. The van der Waals surface area contributed by atoms with E-state index >= 15 is 0 Å². The topological polar surface area (TPSA) is 75.6 Å². The first-order chi connectivity index (χ1) is 11.4. The Bertz CT molecular complexity index is 760. The molecule has 1 unspecified atom stereocenters. The van der Waals surface area contributed by atoms with Crippen molar-refractivity contribution < 1.29 is 18.3 Å². The van der Waals surface area contributed by atoms with E-state index in [0.29, 0.717) is 0 Å². The van der Waals surface area contributed by atoms with Gasteiger partial charge in [0, 0.05) is 4.47 Å². The molecular weight excluding hydrogens is 394 g/mol. The minimum Gasteiger partial charge on any atom is -0.497 e.